The molecule has 0 fully saturated rings. The van der Waals surface area contributed by atoms with Crippen LogP contribution in [0, 0.1) is 20.8 Å². The third-order valence-corrected chi connectivity index (χ3v) is 4.95. The van der Waals surface area contributed by atoms with E-state index in [1.54, 1.807) is 6.92 Å². The predicted octanol–water partition coefficient (Wildman–Crippen LogP) is 4.80. The lowest BCUT2D eigenvalue weighted by molar-refractivity contribution is -0.128. The maximum atomic E-state index is 12.8. The van der Waals surface area contributed by atoms with Crippen molar-refractivity contribution >= 4 is 5.91 Å². The Morgan fingerprint density at radius 1 is 1.15 bits per heavy atom. The molecule has 27 heavy (non-hydrogen) atoms. The number of ether oxygens (including phenoxy) is 2. The van der Waals surface area contributed by atoms with Gasteiger partial charge in [0.15, 0.2) is 6.10 Å². The third kappa shape index (κ3) is 4.44. The molecule has 2 aromatic rings. The molecule has 0 aliphatic carbocycles. The SMILES string of the molecule is Cc1ccc(O[C@@H](C)C(=O)N[C@@H]2CC(C)(C)Oc3cc(C)ccc32)c(C)c1. The molecular formula is C23H29NO3. The molecule has 3 rings (SSSR count). The molecule has 4 nitrogen and oxygen atoms in total. The van der Waals surface area contributed by atoms with Gasteiger partial charge in [-0.05, 0) is 64.8 Å². The number of aryl methyl sites for hydroxylation is 3. The molecule has 0 saturated carbocycles. The fraction of sp³-hybridized carbons (Fsp3) is 0.435. The van der Waals surface area contributed by atoms with Crippen molar-refractivity contribution in [2.45, 2.75) is 65.7 Å². The minimum absolute atomic E-state index is 0.0954. The zero-order valence-electron chi connectivity index (χ0n) is 17.1. The maximum Gasteiger partial charge on any atom is 0.261 e. The molecule has 1 amide bonds. The van der Waals surface area contributed by atoms with Crippen molar-refractivity contribution in [1.82, 2.24) is 5.32 Å². The number of hydrogen-bond acceptors (Lipinski definition) is 3. The summed E-state index contributed by atoms with van der Waals surface area (Å²) in [7, 11) is 0. The second-order valence-corrected chi connectivity index (χ2v) is 8.20. The van der Waals surface area contributed by atoms with Gasteiger partial charge in [0.05, 0.1) is 6.04 Å². The molecule has 0 spiro atoms. The average molecular weight is 367 g/mol. The Hall–Kier alpha value is -2.49. The first-order chi connectivity index (χ1) is 12.6. The van der Waals surface area contributed by atoms with Crippen molar-refractivity contribution in [2.24, 2.45) is 0 Å². The van der Waals surface area contributed by atoms with Crippen molar-refractivity contribution in [3.8, 4) is 11.5 Å². The number of nitrogens with one attached hydrogen (secondary N) is 1. The zero-order chi connectivity index (χ0) is 19.8. The fourth-order valence-corrected chi connectivity index (χ4v) is 3.55. The van der Waals surface area contributed by atoms with Crippen LogP contribution in [0.2, 0.25) is 0 Å². The molecule has 1 heterocycles. The van der Waals surface area contributed by atoms with Crippen LogP contribution in [-0.2, 0) is 4.79 Å². The van der Waals surface area contributed by atoms with Crippen LogP contribution >= 0.6 is 0 Å². The Morgan fingerprint density at radius 2 is 1.81 bits per heavy atom. The van der Waals surface area contributed by atoms with Crippen molar-refractivity contribution in [3.63, 3.8) is 0 Å². The summed E-state index contributed by atoms with van der Waals surface area (Å²) < 4.78 is 12.0. The van der Waals surface area contributed by atoms with Crippen LogP contribution < -0.4 is 14.8 Å². The molecule has 4 heteroatoms. The molecule has 0 radical (unpaired) electrons. The number of benzene rings is 2. The summed E-state index contributed by atoms with van der Waals surface area (Å²) in [6.45, 7) is 12.0. The van der Waals surface area contributed by atoms with Gasteiger partial charge in [0.1, 0.15) is 17.1 Å². The summed E-state index contributed by atoms with van der Waals surface area (Å²) >= 11 is 0. The highest BCUT2D eigenvalue weighted by Gasteiger charge is 2.35. The number of rotatable bonds is 4. The Kier molecular flexibility index (Phi) is 5.18. The predicted molar refractivity (Wildman–Crippen MR) is 107 cm³/mol. The van der Waals surface area contributed by atoms with E-state index in [0.717, 1.165) is 28.2 Å². The van der Waals surface area contributed by atoms with Gasteiger partial charge in [0.2, 0.25) is 0 Å². The maximum absolute atomic E-state index is 12.8. The molecule has 0 aromatic heterocycles. The highest BCUT2D eigenvalue weighted by atomic mass is 16.5. The second-order valence-electron chi connectivity index (χ2n) is 8.20. The van der Waals surface area contributed by atoms with Crippen LogP contribution in [0.15, 0.2) is 36.4 Å². The largest absolute Gasteiger partial charge is 0.487 e. The molecule has 144 valence electrons. The summed E-state index contributed by atoms with van der Waals surface area (Å²) in [5.41, 5.74) is 4.03. The monoisotopic (exact) mass is 367 g/mol. The molecule has 2 atom stereocenters. The normalized spacial score (nSPS) is 18.8. The van der Waals surface area contributed by atoms with E-state index >= 15 is 0 Å². The van der Waals surface area contributed by atoms with Gasteiger partial charge < -0.3 is 14.8 Å². The first-order valence-electron chi connectivity index (χ1n) is 9.48. The van der Waals surface area contributed by atoms with Crippen LogP contribution in [0.3, 0.4) is 0 Å². The van der Waals surface area contributed by atoms with Gasteiger partial charge in [-0.15, -0.1) is 0 Å². The first kappa shape index (κ1) is 19.3. The number of carbonyl (C=O) groups is 1. The number of hydrogen-bond donors (Lipinski definition) is 1. The second kappa shape index (κ2) is 7.26. The standard InChI is InChI=1S/C23H29NO3/c1-14-8-10-20(16(3)11-14)26-17(4)22(25)24-19-13-23(5,6)27-21-12-15(2)7-9-18(19)21/h7-12,17,19H,13H2,1-6H3,(H,24,25)/t17-,19+/m0/s1. The minimum Gasteiger partial charge on any atom is -0.487 e. The summed E-state index contributed by atoms with van der Waals surface area (Å²) in [5, 5.41) is 3.16. The number of carbonyl (C=O) groups excluding carboxylic acids is 1. The highest BCUT2D eigenvalue weighted by Crippen LogP contribution is 2.40. The van der Waals surface area contributed by atoms with E-state index < -0.39 is 6.10 Å². The van der Waals surface area contributed by atoms with E-state index in [2.05, 4.69) is 17.4 Å². The van der Waals surface area contributed by atoms with Crippen molar-refractivity contribution in [2.75, 3.05) is 0 Å². The van der Waals surface area contributed by atoms with Gasteiger partial charge in [0, 0.05) is 12.0 Å². The highest BCUT2D eigenvalue weighted by molar-refractivity contribution is 5.81. The van der Waals surface area contributed by atoms with Gasteiger partial charge >= 0.3 is 0 Å². The summed E-state index contributed by atoms with van der Waals surface area (Å²) in [4.78, 5) is 12.8. The Morgan fingerprint density at radius 3 is 2.52 bits per heavy atom. The molecule has 2 aromatic carbocycles. The first-order valence-corrected chi connectivity index (χ1v) is 9.48. The average Bonchev–Trinajstić information content (AvgIpc) is 2.55. The lowest BCUT2D eigenvalue weighted by Gasteiger charge is -2.38. The van der Waals surface area contributed by atoms with Crippen molar-refractivity contribution in [3.05, 3.63) is 58.7 Å². The lowest BCUT2D eigenvalue weighted by atomic mass is 9.89. The van der Waals surface area contributed by atoms with E-state index in [9.17, 15) is 4.79 Å². The van der Waals surface area contributed by atoms with Gasteiger partial charge in [-0.1, -0.05) is 29.8 Å². The van der Waals surface area contributed by atoms with E-state index in [1.165, 1.54) is 5.56 Å². The van der Waals surface area contributed by atoms with Crippen LogP contribution in [-0.4, -0.2) is 17.6 Å². The Bertz CT molecular complexity index is 857. The summed E-state index contributed by atoms with van der Waals surface area (Å²) in [6, 6.07) is 12.0. The van der Waals surface area contributed by atoms with Gasteiger partial charge in [-0.3, -0.25) is 4.79 Å². The van der Waals surface area contributed by atoms with E-state index in [0.29, 0.717) is 6.42 Å². The van der Waals surface area contributed by atoms with E-state index in [1.807, 2.05) is 58.9 Å². The number of amides is 1. The van der Waals surface area contributed by atoms with Crippen molar-refractivity contribution in [1.29, 1.82) is 0 Å². The van der Waals surface area contributed by atoms with Gasteiger partial charge in [-0.25, -0.2) is 0 Å². The van der Waals surface area contributed by atoms with Crippen molar-refractivity contribution < 1.29 is 14.3 Å². The minimum atomic E-state index is -0.578. The Labute approximate surface area is 161 Å². The topological polar surface area (TPSA) is 47.6 Å². The lowest BCUT2D eigenvalue weighted by Crippen LogP contribution is -2.44. The fourth-order valence-electron chi connectivity index (χ4n) is 3.55. The quantitative estimate of drug-likeness (QED) is 0.844. The van der Waals surface area contributed by atoms with Crippen LogP contribution in [0.5, 0.6) is 11.5 Å². The van der Waals surface area contributed by atoms with E-state index in [4.69, 9.17) is 9.47 Å². The van der Waals surface area contributed by atoms with Crippen LogP contribution in [0.1, 0.15) is 55.5 Å². The van der Waals surface area contributed by atoms with Gasteiger partial charge in [-0.2, -0.15) is 0 Å². The molecule has 1 aliphatic rings. The summed E-state index contributed by atoms with van der Waals surface area (Å²) in [5.74, 6) is 1.47. The van der Waals surface area contributed by atoms with Crippen LogP contribution in [0.25, 0.3) is 0 Å². The molecular weight excluding hydrogens is 338 g/mol. The van der Waals surface area contributed by atoms with E-state index in [-0.39, 0.29) is 17.6 Å². The number of fused-ring (bicyclic) bond motifs is 1. The smallest absolute Gasteiger partial charge is 0.261 e. The van der Waals surface area contributed by atoms with Gasteiger partial charge in [0.25, 0.3) is 5.91 Å². The zero-order valence-corrected chi connectivity index (χ0v) is 17.1. The third-order valence-electron chi connectivity index (χ3n) is 4.95. The molecule has 1 N–H and O–H groups in total. The molecule has 1 aliphatic heterocycles. The Balaban J connectivity index is 1.75. The van der Waals surface area contributed by atoms with Crippen LogP contribution in [0.4, 0.5) is 0 Å². The molecule has 0 bridgehead atoms. The summed E-state index contributed by atoms with van der Waals surface area (Å²) in [6.07, 6.45) is 0.136. The molecule has 0 unspecified atom stereocenters. The molecule has 0 saturated heterocycles.